The molecule has 3 N–H and O–H groups in total. The predicted molar refractivity (Wildman–Crippen MR) is 87.1 cm³/mol. The molecule has 1 heterocycles. The minimum absolute atomic E-state index is 0. The maximum absolute atomic E-state index is 11.1. The van der Waals surface area contributed by atoms with E-state index in [4.69, 9.17) is 9.88 Å². The SMILES string of the molecule is Cl.Cl.NS(=O)(=O)c1ccc(OCCN2CCNCC2)cc1. The van der Waals surface area contributed by atoms with Crippen LogP contribution in [0, 0.1) is 0 Å². The molecule has 1 aromatic rings. The number of rotatable bonds is 5. The van der Waals surface area contributed by atoms with Gasteiger partial charge in [0.05, 0.1) is 4.90 Å². The third kappa shape index (κ3) is 6.82. The molecule has 6 nitrogen and oxygen atoms in total. The predicted octanol–water partition coefficient (Wildman–Crippen LogP) is 0.462. The van der Waals surface area contributed by atoms with Crippen molar-refractivity contribution >= 4 is 34.8 Å². The lowest BCUT2D eigenvalue weighted by atomic mass is 10.3. The monoisotopic (exact) mass is 357 g/mol. The highest BCUT2D eigenvalue weighted by atomic mass is 35.5. The van der Waals surface area contributed by atoms with Gasteiger partial charge in [-0.1, -0.05) is 0 Å². The average Bonchev–Trinajstić information content (AvgIpc) is 2.39. The molecule has 122 valence electrons. The molecule has 0 unspecified atom stereocenters. The van der Waals surface area contributed by atoms with Gasteiger partial charge in [-0.3, -0.25) is 4.90 Å². The van der Waals surface area contributed by atoms with E-state index >= 15 is 0 Å². The first kappa shape index (κ1) is 20.4. The normalized spacial score (nSPS) is 15.7. The number of hydrogen-bond donors (Lipinski definition) is 2. The molecule has 1 saturated heterocycles. The van der Waals surface area contributed by atoms with Gasteiger partial charge >= 0.3 is 0 Å². The van der Waals surface area contributed by atoms with Crippen LogP contribution in [0.25, 0.3) is 0 Å². The fourth-order valence-electron chi connectivity index (χ4n) is 1.95. The minimum atomic E-state index is -3.63. The van der Waals surface area contributed by atoms with Crippen LogP contribution in [0.15, 0.2) is 29.2 Å². The number of piperazine rings is 1. The maximum Gasteiger partial charge on any atom is 0.238 e. The Balaban J connectivity index is 0.00000200. The van der Waals surface area contributed by atoms with Gasteiger partial charge in [0.1, 0.15) is 12.4 Å². The van der Waals surface area contributed by atoms with Crippen LogP contribution in [0.4, 0.5) is 0 Å². The zero-order valence-corrected chi connectivity index (χ0v) is 14.0. The van der Waals surface area contributed by atoms with Crippen molar-refractivity contribution in [1.82, 2.24) is 10.2 Å². The van der Waals surface area contributed by atoms with Crippen molar-refractivity contribution in [3.05, 3.63) is 24.3 Å². The number of benzene rings is 1. The molecule has 0 bridgehead atoms. The molecule has 1 aromatic carbocycles. The summed E-state index contributed by atoms with van der Waals surface area (Å²) < 4.78 is 27.8. The van der Waals surface area contributed by atoms with E-state index in [9.17, 15) is 8.42 Å². The lowest BCUT2D eigenvalue weighted by Gasteiger charge is -2.26. The molecule has 1 aliphatic rings. The van der Waals surface area contributed by atoms with Gasteiger partial charge in [-0.25, -0.2) is 13.6 Å². The van der Waals surface area contributed by atoms with Crippen molar-refractivity contribution in [2.45, 2.75) is 4.90 Å². The van der Waals surface area contributed by atoms with Crippen molar-refractivity contribution in [3.8, 4) is 5.75 Å². The molecule has 0 radical (unpaired) electrons. The Labute approximate surface area is 137 Å². The van der Waals surface area contributed by atoms with Crippen molar-refractivity contribution in [2.24, 2.45) is 5.14 Å². The first-order chi connectivity index (χ1) is 9.05. The molecular formula is C12H21Cl2N3O3S. The summed E-state index contributed by atoms with van der Waals surface area (Å²) in [5.41, 5.74) is 0. The molecule has 21 heavy (non-hydrogen) atoms. The lowest BCUT2D eigenvalue weighted by Crippen LogP contribution is -2.44. The Morgan fingerprint density at radius 3 is 2.24 bits per heavy atom. The zero-order chi connectivity index (χ0) is 13.7. The zero-order valence-electron chi connectivity index (χ0n) is 11.5. The van der Waals surface area contributed by atoms with Gasteiger partial charge in [0, 0.05) is 32.7 Å². The third-order valence-electron chi connectivity index (χ3n) is 3.04. The first-order valence-electron chi connectivity index (χ1n) is 6.24. The van der Waals surface area contributed by atoms with E-state index in [0.29, 0.717) is 12.4 Å². The van der Waals surface area contributed by atoms with E-state index in [0.717, 1.165) is 32.7 Å². The van der Waals surface area contributed by atoms with E-state index in [-0.39, 0.29) is 29.7 Å². The van der Waals surface area contributed by atoms with Gasteiger partial charge < -0.3 is 10.1 Å². The van der Waals surface area contributed by atoms with E-state index in [2.05, 4.69) is 10.2 Å². The van der Waals surface area contributed by atoms with Crippen LogP contribution in [0.5, 0.6) is 5.75 Å². The highest BCUT2D eigenvalue weighted by Gasteiger charge is 2.09. The number of primary sulfonamides is 1. The molecule has 2 rings (SSSR count). The maximum atomic E-state index is 11.1. The van der Waals surface area contributed by atoms with Crippen LogP contribution in [0.1, 0.15) is 0 Å². The second-order valence-electron chi connectivity index (χ2n) is 4.46. The molecule has 0 amide bonds. The number of nitrogens with two attached hydrogens (primary N) is 1. The fourth-order valence-corrected chi connectivity index (χ4v) is 2.47. The quantitative estimate of drug-likeness (QED) is 0.799. The van der Waals surface area contributed by atoms with Gasteiger partial charge in [-0.2, -0.15) is 0 Å². The Morgan fingerprint density at radius 1 is 1.14 bits per heavy atom. The highest BCUT2D eigenvalue weighted by Crippen LogP contribution is 2.14. The van der Waals surface area contributed by atoms with Crippen molar-refractivity contribution in [1.29, 1.82) is 0 Å². The summed E-state index contributed by atoms with van der Waals surface area (Å²) in [6.45, 7) is 5.57. The largest absolute Gasteiger partial charge is 0.492 e. The summed E-state index contributed by atoms with van der Waals surface area (Å²) in [6, 6.07) is 6.15. The van der Waals surface area contributed by atoms with Crippen molar-refractivity contribution < 1.29 is 13.2 Å². The lowest BCUT2D eigenvalue weighted by molar-refractivity contribution is 0.191. The minimum Gasteiger partial charge on any atom is -0.492 e. The highest BCUT2D eigenvalue weighted by molar-refractivity contribution is 7.89. The number of sulfonamides is 1. The number of hydrogen-bond acceptors (Lipinski definition) is 5. The fraction of sp³-hybridized carbons (Fsp3) is 0.500. The van der Waals surface area contributed by atoms with E-state index in [1.54, 1.807) is 12.1 Å². The Morgan fingerprint density at radius 2 is 1.71 bits per heavy atom. The molecule has 0 atom stereocenters. The van der Waals surface area contributed by atoms with Crippen LogP contribution in [-0.4, -0.2) is 52.6 Å². The molecule has 0 saturated carbocycles. The molecule has 1 fully saturated rings. The second-order valence-corrected chi connectivity index (χ2v) is 6.02. The third-order valence-corrected chi connectivity index (χ3v) is 3.97. The number of nitrogens with one attached hydrogen (secondary N) is 1. The molecule has 1 aliphatic heterocycles. The second kappa shape index (κ2) is 9.45. The van der Waals surface area contributed by atoms with Crippen LogP contribution in [-0.2, 0) is 10.0 Å². The van der Waals surface area contributed by atoms with Gasteiger partial charge in [0.2, 0.25) is 10.0 Å². The van der Waals surface area contributed by atoms with Crippen molar-refractivity contribution in [3.63, 3.8) is 0 Å². The first-order valence-corrected chi connectivity index (χ1v) is 7.79. The molecule has 0 aliphatic carbocycles. The van der Waals surface area contributed by atoms with Crippen LogP contribution >= 0.6 is 24.8 Å². The summed E-state index contributed by atoms with van der Waals surface area (Å²) in [5, 5.41) is 8.32. The Bertz CT molecular complexity index is 505. The van der Waals surface area contributed by atoms with Gasteiger partial charge in [-0.05, 0) is 24.3 Å². The van der Waals surface area contributed by atoms with E-state index < -0.39 is 10.0 Å². The molecular weight excluding hydrogens is 337 g/mol. The summed E-state index contributed by atoms with van der Waals surface area (Å²) in [4.78, 5) is 2.43. The summed E-state index contributed by atoms with van der Waals surface area (Å²) in [7, 11) is -3.63. The van der Waals surface area contributed by atoms with Crippen molar-refractivity contribution in [2.75, 3.05) is 39.3 Å². The molecule has 0 spiro atoms. The van der Waals surface area contributed by atoms with Crippen LogP contribution in [0.3, 0.4) is 0 Å². The number of halogens is 2. The summed E-state index contributed by atoms with van der Waals surface area (Å²) in [5.74, 6) is 0.655. The van der Waals surface area contributed by atoms with E-state index in [1.165, 1.54) is 12.1 Å². The summed E-state index contributed by atoms with van der Waals surface area (Å²) >= 11 is 0. The van der Waals surface area contributed by atoms with Gasteiger partial charge in [0.25, 0.3) is 0 Å². The van der Waals surface area contributed by atoms with Gasteiger partial charge in [-0.15, -0.1) is 24.8 Å². The van der Waals surface area contributed by atoms with E-state index in [1.807, 2.05) is 0 Å². The Hall–Kier alpha value is -0.570. The molecule has 9 heteroatoms. The average molecular weight is 358 g/mol. The number of nitrogens with zero attached hydrogens (tertiary/aromatic N) is 1. The Kier molecular flexibility index (Phi) is 9.19. The topological polar surface area (TPSA) is 84.7 Å². The van der Waals surface area contributed by atoms with Crippen LogP contribution in [0.2, 0.25) is 0 Å². The van der Waals surface area contributed by atoms with Gasteiger partial charge in [0.15, 0.2) is 0 Å². The molecule has 0 aromatic heterocycles. The number of ether oxygens (including phenoxy) is 1. The standard InChI is InChI=1S/C12H19N3O3S.2ClH/c13-19(16,17)12-3-1-11(2-4-12)18-10-9-15-7-5-14-6-8-15;;/h1-4,14H,5-10H2,(H2,13,16,17);2*1H. The van der Waals surface area contributed by atoms with Crippen LogP contribution < -0.4 is 15.2 Å². The smallest absolute Gasteiger partial charge is 0.238 e. The summed E-state index contributed by atoms with van der Waals surface area (Å²) in [6.07, 6.45) is 0.